The molecule has 0 aliphatic heterocycles. The van der Waals surface area contributed by atoms with Crippen molar-refractivity contribution >= 4 is 11.6 Å². The molecule has 0 spiro atoms. The summed E-state index contributed by atoms with van der Waals surface area (Å²) in [5.41, 5.74) is 6.40. The number of benzene rings is 1. The van der Waals surface area contributed by atoms with Crippen molar-refractivity contribution in [1.29, 1.82) is 0 Å². The lowest BCUT2D eigenvalue weighted by atomic mass is 10.1. The van der Waals surface area contributed by atoms with E-state index in [9.17, 15) is 4.39 Å². The summed E-state index contributed by atoms with van der Waals surface area (Å²) in [5.74, 6) is -0.307. The molecule has 0 bridgehead atoms. The van der Waals surface area contributed by atoms with Gasteiger partial charge in [-0.25, -0.2) is 4.39 Å². The van der Waals surface area contributed by atoms with E-state index in [0.29, 0.717) is 11.4 Å². The van der Waals surface area contributed by atoms with E-state index in [4.69, 9.17) is 17.3 Å². The van der Waals surface area contributed by atoms with E-state index < -0.39 is 0 Å². The molecular formula is C9H11ClFN. The summed E-state index contributed by atoms with van der Waals surface area (Å²) in [6.07, 6.45) is 0.650. The molecule has 0 aliphatic carbocycles. The van der Waals surface area contributed by atoms with E-state index >= 15 is 0 Å². The van der Waals surface area contributed by atoms with E-state index in [0.717, 1.165) is 5.56 Å². The minimum absolute atomic E-state index is 0.0304. The molecule has 1 rings (SSSR count). The van der Waals surface area contributed by atoms with Gasteiger partial charge in [-0.05, 0) is 37.1 Å². The Morgan fingerprint density at radius 1 is 1.50 bits per heavy atom. The second-order valence-corrected chi connectivity index (χ2v) is 3.40. The van der Waals surface area contributed by atoms with Crippen molar-refractivity contribution in [3.05, 3.63) is 34.6 Å². The summed E-state index contributed by atoms with van der Waals surface area (Å²) in [7, 11) is 0. The Labute approximate surface area is 76.3 Å². The van der Waals surface area contributed by atoms with Crippen LogP contribution in [-0.4, -0.2) is 6.04 Å². The Bertz CT molecular complexity index is 253. The Balaban J connectivity index is 2.85. The van der Waals surface area contributed by atoms with Gasteiger partial charge in [-0.15, -0.1) is 0 Å². The molecular weight excluding hydrogens is 177 g/mol. The lowest BCUT2D eigenvalue weighted by Gasteiger charge is -2.05. The Morgan fingerprint density at radius 2 is 2.17 bits per heavy atom. The third kappa shape index (κ3) is 2.80. The van der Waals surface area contributed by atoms with Gasteiger partial charge in [0.25, 0.3) is 0 Å². The van der Waals surface area contributed by atoms with Crippen LogP contribution >= 0.6 is 11.6 Å². The van der Waals surface area contributed by atoms with Gasteiger partial charge in [0.1, 0.15) is 5.82 Å². The first kappa shape index (κ1) is 9.49. The molecule has 0 aliphatic rings. The van der Waals surface area contributed by atoms with Gasteiger partial charge in [-0.2, -0.15) is 0 Å². The van der Waals surface area contributed by atoms with Gasteiger partial charge in [0.2, 0.25) is 0 Å². The largest absolute Gasteiger partial charge is 0.328 e. The number of halogens is 2. The van der Waals surface area contributed by atoms with E-state index in [-0.39, 0.29) is 11.9 Å². The maximum atomic E-state index is 12.8. The second kappa shape index (κ2) is 3.87. The third-order valence-corrected chi connectivity index (χ3v) is 1.70. The second-order valence-electron chi connectivity index (χ2n) is 2.96. The normalized spacial score (nSPS) is 13.0. The fourth-order valence-corrected chi connectivity index (χ4v) is 1.34. The van der Waals surface area contributed by atoms with Crippen LogP contribution in [0.1, 0.15) is 12.5 Å². The topological polar surface area (TPSA) is 26.0 Å². The van der Waals surface area contributed by atoms with E-state index in [1.165, 1.54) is 12.1 Å². The minimum atomic E-state index is -0.307. The maximum Gasteiger partial charge on any atom is 0.124 e. The van der Waals surface area contributed by atoms with E-state index in [2.05, 4.69) is 0 Å². The van der Waals surface area contributed by atoms with Crippen LogP contribution in [0.15, 0.2) is 18.2 Å². The zero-order chi connectivity index (χ0) is 9.14. The highest BCUT2D eigenvalue weighted by Crippen LogP contribution is 2.14. The summed E-state index contributed by atoms with van der Waals surface area (Å²) in [6.45, 7) is 1.87. The predicted molar refractivity (Wildman–Crippen MR) is 48.8 cm³/mol. The molecule has 66 valence electrons. The predicted octanol–water partition coefficient (Wildman–Crippen LogP) is 2.37. The zero-order valence-electron chi connectivity index (χ0n) is 6.85. The Kier molecular flexibility index (Phi) is 3.06. The number of hydrogen-bond donors (Lipinski definition) is 1. The summed E-state index contributed by atoms with van der Waals surface area (Å²) in [4.78, 5) is 0. The molecule has 1 nitrogen and oxygen atoms in total. The SMILES string of the molecule is C[C@@H](N)Cc1cc(F)cc(Cl)c1. The van der Waals surface area contributed by atoms with E-state index in [1.807, 2.05) is 6.92 Å². The van der Waals surface area contributed by atoms with Crippen molar-refractivity contribution in [2.45, 2.75) is 19.4 Å². The molecule has 0 radical (unpaired) electrons. The zero-order valence-corrected chi connectivity index (χ0v) is 7.61. The molecule has 0 unspecified atom stereocenters. The van der Waals surface area contributed by atoms with Crippen molar-refractivity contribution in [3.63, 3.8) is 0 Å². The monoisotopic (exact) mass is 187 g/mol. The quantitative estimate of drug-likeness (QED) is 0.756. The molecule has 0 saturated carbocycles. The third-order valence-electron chi connectivity index (χ3n) is 1.48. The number of hydrogen-bond acceptors (Lipinski definition) is 1. The Morgan fingerprint density at radius 3 is 2.67 bits per heavy atom. The first-order valence-corrected chi connectivity index (χ1v) is 4.16. The molecule has 12 heavy (non-hydrogen) atoms. The fraction of sp³-hybridized carbons (Fsp3) is 0.333. The van der Waals surface area contributed by atoms with Crippen LogP contribution in [0, 0.1) is 5.82 Å². The highest BCUT2D eigenvalue weighted by molar-refractivity contribution is 6.30. The fourth-order valence-electron chi connectivity index (χ4n) is 1.10. The molecule has 1 atom stereocenters. The lowest BCUT2D eigenvalue weighted by Crippen LogP contribution is -2.17. The molecule has 0 heterocycles. The first-order valence-electron chi connectivity index (χ1n) is 3.78. The molecule has 1 aromatic rings. The highest BCUT2D eigenvalue weighted by atomic mass is 35.5. The molecule has 0 saturated heterocycles. The molecule has 0 amide bonds. The van der Waals surface area contributed by atoms with Crippen molar-refractivity contribution < 1.29 is 4.39 Å². The standard InChI is InChI=1S/C9H11ClFN/c1-6(12)2-7-3-8(10)5-9(11)4-7/h3-6H,2,12H2,1H3/t6-/m1/s1. The van der Waals surface area contributed by atoms with Crippen LogP contribution in [0.25, 0.3) is 0 Å². The van der Waals surface area contributed by atoms with Crippen molar-refractivity contribution in [2.75, 3.05) is 0 Å². The van der Waals surface area contributed by atoms with Gasteiger partial charge in [0, 0.05) is 11.1 Å². The van der Waals surface area contributed by atoms with Crippen LogP contribution in [0.4, 0.5) is 4.39 Å². The van der Waals surface area contributed by atoms with Crippen molar-refractivity contribution in [3.8, 4) is 0 Å². The molecule has 0 aromatic heterocycles. The number of nitrogens with two attached hydrogens (primary N) is 1. The van der Waals surface area contributed by atoms with Gasteiger partial charge >= 0.3 is 0 Å². The average Bonchev–Trinajstić information content (AvgIpc) is 1.81. The van der Waals surface area contributed by atoms with Crippen LogP contribution in [-0.2, 0) is 6.42 Å². The first-order chi connectivity index (χ1) is 5.58. The maximum absolute atomic E-state index is 12.8. The summed E-state index contributed by atoms with van der Waals surface area (Å²) in [5, 5.41) is 0.422. The summed E-state index contributed by atoms with van der Waals surface area (Å²) < 4.78 is 12.8. The average molecular weight is 188 g/mol. The summed E-state index contributed by atoms with van der Waals surface area (Å²) >= 11 is 5.65. The van der Waals surface area contributed by atoms with E-state index in [1.54, 1.807) is 6.07 Å². The smallest absolute Gasteiger partial charge is 0.124 e. The molecule has 3 heteroatoms. The van der Waals surface area contributed by atoms with Crippen molar-refractivity contribution in [1.82, 2.24) is 0 Å². The van der Waals surface area contributed by atoms with Gasteiger partial charge in [-0.1, -0.05) is 11.6 Å². The molecule has 2 N–H and O–H groups in total. The molecule has 1 aromatic carbocycles. The van der Waals surface area contributed by atoms with Crippen LogP contribution < -0.4 is 5.73 Å². The lowest BCUT2D eigenvalue weighted by molar-refractivity contribution is 0.623. The van der Waals surface area contributed by atoms with Crippen LogP contribution in [0.5, 0.6) is 0 Å². The minimum Gasteiger partial charge on any atom is -0.328 e. The molecule has 0 fully saturated rings. The number of rotatable bonds is 2. The summed E-state index contributed by atoms with van der Waals surface area (Å²) in [6, 6.07) is 4.50. The van der Waals surface area contributed by atoms with Crippen molar-refractivity contribution in [2.24, 2.45) is 5.73 Å². The van der Waals surface area contributed by atoms with Gasteiger partial charge in [0.15, 0.2) is 0 Å². The van der Waals surface area contributed by atoms with Crippen LogP contribution in [0.3, 0.4) is 0 Å². The Hall–Kier alpha value is -0.600. The van der Waals surface area contributed by atoms with Gasteiger partial charge < -0.3 is 5.73 Å². The van der Waals surface area contributed by atoms with Crippen LogP contribution in [0.2, 0.25) is 5.02 Å². The van der Waals surface area contributed by atoms with Gasteiger partial charge in [0.05, 0.1) is 0 Å². The highest BCUT2D eigenvalue weighted by Gasteiger charge is 2.01. The van der Waals surface area contributed by atoms with Gasteiger partial charge in [-0.3, -0.25) is 0 Å².